The molecule has 1 heterocycles. The van der Waals surface area contributed by atoms with Crippen LogP contribution in [0.5, 0.6) is 5.75 Å². The van der Waals surface area contributed by atoms with Crippen LogP contribution in [0.4, 0.5) is 0 Å². The van der Waals surface area contributed by atoms with E-state index in [0.717, 1.165) is 40.2 Å². The normalized spacial score (nSPS) is 14.4. The van der Waals surface area contributed by atoms with Crippen molar-refractivity contribution in [3.63, 3.8) is 0 Å². The van der Waals surface area contributed by atoms with Crippen LogP contribution in [0.15, 0.2) is 18.2 Å². The lowest BCUT2D eigenvalue weighted by Gasteiger charge is -2.11. The molecule has 0 spiro atoms. The van der Waals surface area contributed by atoms with Gasteiger partial charge in [-0.05, 0) is 56.4 Å². The van der Waals surface area contributed by atoms with Gasteiger partial charge >= 0.3 is 0 Å². The predicted molar refractivity (Wildman–Crippen MR) is 87.4 cm³/mol. The number of aromatic nitrogens is 2. The van der Waals surface area contributed by atoms with Gasteiger partial charge in [0.1, 0.15) is 16.2 Å². The molecule has 3 rings (SSSR count). The number of H-pyrrole nitrogens is 1. The Morgan fingerprint density at radius 3 is 2.76 bits per heavy atom. The second-order valence-corrected chi connectivity index (χ2v) is 5.98. The zero-order valence-electron chi connectivity index (χ0n) is 12.5. The highest BCUT2D eigenvalue weighted by Gasteiger charge is 2.13. The van der Waals surface area contributed by atoms with E-state index in [4.69, 9.17) is 17.0 Å². The van der Waals surface area contributed by atoms with Crippen molar-refractivity contribution in [2.24, 2.45) is 0 Å². The molecule has 0 unspecified atom stereocenters. The molecule has 1 aliphatic rings. The maximum atomic E-state index is 5.51. The van der Waals surface area contributed by atoms with Gasteiger partial charge in [-0.15, -0.1) is 0 Å². The number of hydrogen-bond acceptors (Lipinski definition) is 3. The standard InChI is InChI=1S/C17H20N2OS/c1-11-10-12(8-9-15(11)20-2)16-18-14-7-5-3-4-6-13(14)17(21)19-16/h8-10H,3-7H2,1-2H3,(H,18,19,21). The van der Waals surface area contributed by atoms with Crippen molar-refractivity contribution >= 4 is 12.2 Å². The molecule has 2 aromatic rings. The van der Waals surface area contributed by atoms with Gasteiger partial charge in [0.15, 0.2) is 0 Å². The molecule has 1 aromatic heterocycles. The number of nitrogens with zero attached hydrogens (tertiary/aromatic N) is 1. The first-order valence-electron chi connectivity index (χ1n) is 7.46. The largest absolute Gasteiger partial charge is 0.496 e. The molecule has 0 fully saturated rings. The fourth-order valence-corrected chi connectivity index (χ4v) is 3.27. The highest BCUT2D eigenvalue weighted by molar-refractivity contribution is 7.71. The topological polar surface area (TPSA) is 37.9 Å². The summed E-state index contributed by atoms with van der Waals surface area (Å²) in [5, 5.41) is 0. The lowest BCUT2D eigenvalue weighted by Crippen LogP contribution is -2.02. The maximum Gasteiger partial charge on any atom is 0.139 e. The number of ether oxygens (including phenoxy) is 1. The maximum absolute atomic E-state index is 5.51. The summed E-state index contributed by atoms with van der Waals surface area (Å²) in [5.74, 6) is 1.76. The first-order chi connectivity index (χ1) is 10.2. The number of nitrogens with one attached hydrogen (secondary N) is 1. The average Bonchev–Trinajstić information content (AvgIpc) is 2.72. The van der Waals surface area contributed by atoms with E-state index < -0.39 is 0 Å². The third-order valence-electron chi connectivity index (χ3n) is 4.13. The zero-order chi connectivity index (χ0) is 14.8. The van der Waals surface area contributed by atoms with Gasteiger partial charge in [-0.25, -0.2) is 4.98 Å². The number of aryl methyl sites for hydroxylation is 2. The van der Waals surface area contributed by atoms with Crippen LogP contribution in [-0.2, 0) is 12.8 Å². The third kappa shape index (κ3) is 2.86. The summed E-state index contributed by atoms with van der Waals surface area (Å²) in [7, 11) is 1.69. The first kappa shape index (κ1) is 14.3. The van der Waals surface area contributed by atoms with E-state index in [1.54, 1.807) is 7.11 Å². The van der Waals surface area contributed by atoms with Gasteiger partial charge in [0.2, 0.25) is 0 Å². The van der Waals surface area contributed by atoms with E-state index in [1.807, 2.05) is 19.1 Å². The van der Waals surface area contributed by atoms with Crippen molar-refractivity contribution in [2.45, 2.75) is 39.0 Å². The molecule has 0 bridgehead atoms. The molecule has 1 aliphatic carbocycles. The van der Waals surface area contributed by atoms with E-state index in [2.05, 4.69) is 16.0 Å². The second kappa shape index (κ2) is 5.98. The van der Waals surface area contributed by atoms with Crippen LogP contribution in [0.25, 0.3) is 11.4 Å². The molecule has 1 N–H and O–H groups in total. The number of benzene rings is 1. The van der Waals surface area contributed by atoms with Gasteiger partial charge in [-0.1, -0.05) is 18.6 Å². The fraction of sp³-hybridized carbons (Fsp3) is 0.412. The van der Waals surface area contributed by atoms with Gasteiger partial charge in [0.25, 0.3) is 0 Å². The molecule has 0 radical (unpaired) electrons. The van der Waals surface area contributed by atoms with Crippen molar-refractivity contribution in [1.29, 1.82) is 0 Å². The molecular weight excluding hydrogens is 280 g/mol. The summed E-state index contributed by atoms with van der Waals surface area (Å²) >= 11 is 5.51. The minimum atomic E-state index is 0.758. The molecule has 1 aromatic carbocycles. The van der Waals surface area contributed by atoms with Crippen molar-refractivity contribution in [3.8, 4) is 17.1 Å². The Kier molecular flexibility index (Phi) is 4.06. The summed E-state index contributed by atoms with van der Waals surface area (Å²) in [6, 6.07) is 6.10. The minimum Gasteiger partial charge on any atom is -0.496 e. The van der Waals surface area contributed by atoms with Crippen molar-refractivity contribution < 1.29 is 4.74 Å². The van der Waals surface area contributed by atoms with Crippen molar-refractivity contribution in [2.75, 3.05) is 7.11 Å². The summed E-state index contributed by atoms with van der Waals surface area (Å²) in [5.41, 5.74) is 4.69. The Labute approximate surface area is 130 Å². The second-order valence-electron chi connectivity index (χ2n) is 5.59. The Bertz CT molecular complexity index is 721. The van der Waals surface area contributed by atoms with Crippen LogP contribution in [0.2, 0.25) is 0 Å². The van der Waals surface area contributed by atoms with E-state index in [-0.39, 0.29) is 0 Å². The number of hydrogen-bond donors (Lipinski definition) is 1. The van der Waals surface area contributed by atoms with Crippen molar-refractivity contribution in [3.05, 3.63) is 39.7 Å². The minimum absolute atomic E-state index is 0.758. The molecule has 3 nitrogen and oxygen atoms in total. The number of rotatable bonds is 2. The van der Waals surface area contributed by atoms with E-state index in [0.29, 0.717) is 0 Å². The zero-order valence-corrected chi connectivity index (χ0v) is 13.3. The Hall–Kier alpha value is -1.68. The molecule has 0 amide bonds. The SMILES string of the molecule is COc1ccc(-c2nc(=S)c3c([nH]2)CCCCC3)cc1C. The highest BCUT2D eigenvalue weighted by atomic mass is 32.1. The molecule has 0 aliphatic heterocycles. The number of fused-ring (bicyclic) bond motifs is 1. The molecule has 21 heavy (non-hydrogen) atoms. The molecule has 110 valence electrons. The Morgan fingerprint density at radius 2 is 2.00 bits per heavy atom. The highest BCUT2D eigenvalue weighted by Crippen LogP contribution is 2.26. The van der Waals surface area contributed by atoms with Crippen LogP contribution < -0.4 is 4.74 Å². The average molecular weight is 300 g/mol. The van der Waals surface area contributed by atoms with E-state index >= 15 is 0 Å². The molecule has 0 atom stereocenters. The summed E-state index contributed by atoms with van der Waals surface area (Å²) in [6.07, 6.45) is 5.84. The van der Waals surface area contributed by atoms with Gasteiger partial charge in [-0.2, -0.15) is 0 Å². The van der Waals surface area contributed by atoms with Gasteiger partial charge in [0, 0.05) is 16.8 Å². The quantitative estimate of drug-likeness (QED) is 0.660. The summed E-state index contributed by atoms with van der Waals surface area (Å²) in [6.45, 7) is 2.04. The summed E-state index contributed by atoms with van der Waals surface area (Å²) < 4.78 is 6.07. The van der Waals surface area contributed by atoms with Crippen LogP contribution in [0.3, 0.4) is 0 Å². The first-order valence-corrected chi connectivity index (χ1v) is 7.87. The molecular formula is C17H20N2OS. The van der Waals surface area contributed by atoms with E-state index in [9.17, 15) is 0 Å². The number of methoxy groups -OCH3 is 1. The Balaban J connectivity index is 2.07. The third-order valence-corrected chi connectivity index (χ3v) is 4.46. The lowest BCUT2D eigenvalue weighted by molar-refractivity contribution is 0.412. The molecule has 0 saturated heterocycles. The van der Waals surface area contributed by atoms with Gasteiger partial charge in [-0.3, -0.25) is 0 Å². The predicted octanol–water partition coefficient (Wildman–Crippen LogP) is 4.39. The van der Waals surface area contributed by atoms with Crippen LogP contribution in [0, 0.1) is 11.6 Å². The number of aromatic amines is 1. The lowest BCUT2D eigenvalue weighted by atomic mass is 10.1. The molecule has 0 saturated carbocycles. The monoisotopic (exact) mass is 300 g/mol. The Morgan fingerprint density at radius 1 is 1.19 bits per heavy atom. The van der Waals surface area contributed by atoms with Crippen LogP contribution >= 0.6 is 12.2 Å². The molecule has 4 heteroatoms. The van der Waals surface area contributed by atoms with E-state index in [1.165, 1.54) is 30.5 Å². The smallest absolute Gasteiger partial charge is 0.139 e. The summed E-state index contributed by atoms with van der Waals surface area (Å²) in [4.78, 5) is 8.12. The van der Waals surface area contributed by atoms with Crippen LogP contribution in [0.1, 0.15) is 36.1 Å². The van der Waals surface area contributed by atoms with Crippen molar-refractivity contribution in [1.82, 2.24) is 9.97 Å². The van der Waals surface area contributed by atoms with Gasteiger partial charge in [0.05, 0.1) is 7.11 Å². The van der Waals surface area contributed by atoms with Gasteiger partial charge < -0.3 is 9.72 Å². The fourth-order valence-electron chi connectivity index (χ4n) is 2.96. The van der Waals surface area contributed by atoms with Crippen LogP contribution in [-0.4, -0.2) is 17.1 Å².